The van der Waals surface area contributed by atoms with E-state index in [2.05, 4.69) is 20.2 Å². The Morgan fingerprint density at radius 2 is 1.77 bits per heavy atom. The Bertz CT molecular complexity index is 1170. The first kappa shape index (κ1) is 24.2. The van der Waals surface area contributed by atoms with Crippen LogP contribution in [0.5, 0.6) is 0 Å². The summed E-state index contributed by atoms with van der Waals surface area (Å²) >= 11 is 20.0. The van der Waals surface area contributed by atoms with Gasteiger partial charge in [-0.2, -0.15) is 11.8 Å². The molecule has 2 aromatic carbocycles. The predicted octanol–water partition coefficient (Wildman–Crippen LogP) is 4.96. The van der Waals surface area contributed by atoms with Gasteiger partial charge in [-0.3, -0.25) is 10.1 Å². The number of carbonyl (C=O) groups is 1. The first-order valence-electron chi connectivity index (χ1n) is 8.66. The number of hydrogen-bond donors (Lipinski definition) is 2. The molecule has 0 unspecified atom stereocenters. The number of thioether (sulfide) groups is 1. The first-order chi connectivity index (χ1) is 14.7. The molecular weight excluding hydrogens is 523 g/mol. The second kappa shape index (κ2) is 11.0. The summed E-state index contributed by atoms with van der Waals surface area (Å²) in [5.74, 6) is 0.764. The fraction of sp³-hybridized carbons (Fsp3) is 0.167. The molecule has 0 aliphatic rings. The zero-order valence-electron chi connectivity index (χ0n) is 15.6. The van der Waals surface area contributed by atoms with Crippen LogP contribution >= 0.6 is 57.9 Å². The number of nitrogens with zero attached hydrogens (tertiary/aromatic N) is 2. The maximum absolute atomic E-state index is 12.4. The third kappa shape index (κ3) is 7.04. The van der Waals surface area contributed by atoms with E-state index in [0.29, 0.717) is 32.1 Å². The van der Waals surface area contributed by atoms with Crippen molar-refractivity contribution >= 4 is 79.0 Å². The molecule has 3 aromatic rings. The van der Waals surface area contributed by atoms with E-state index in [1.807, 2.05) is 6.07 Å². The molecule has 7 nitrogen and oxygen atoms in total. The fourth-order valence-corrected chi connectivity index (χ4v) is 5.62. The maximum Gasteiger partial charge on any atom is 0.269 e. The van der Waals surface area contributed by atoms with E-state index in [-0.39, 0.29) is 16.0 Å². The lowest BCUT2D eigenvalue weighted by Crippen LogP contribution is -2.26. The number of sulfonamides is 1. The van der Waals surface area contributed by atoms with Crippen LogP contribution in [0.25, 0.3) is 0 Å². The summed E-state index contributed by atoms with van der Waals surface area (Å²) in [5, 5.41) is 11.5. The van der Waals surface area contributed by atoms with Gasteiger partial charge in [0.05, 0.1) is 10.0 Å². The third-order valence-corrected chi connectivity index (χ3v) is 8.44. The highest BCUT2D eigenvalue weighted by Gasteiger charge is 2.20. The molecule has 0 aliphatic carbocycles. The van der Waals surface area contributed by atoms with Crippen LogP contribution in [0.4, 0.5) is 5.13 Å². The monoisotopic (exact) mass is 536 g/mol. The van der Waals surface area contributed by atoms with E-state index in [1.165, 1.54) is 0 Å². The maximum atomic E-state index is 12.4. The Morgan fingerprint density at radius 1 is 1.03 bits per heavy atom. The van der Waals surface area contributed by atoms with E-state index < -0.39 is 15.9 Å². The van der Waals surface area contributed by atoms with Crippen molar-refractivity contribution in [2.45, 2.75) is 10.1 Å². The second-order valence-corrected chi connectivity index (χ2v) is 11.3. The van der Waals surface area contributed by atoms with Crippen LogP contribution in [-0.4, -0.2) is 36.8 Å². The van der Waals surface area contributed by atoms with E-state index in [4.69, 9.17) is 34.8 Å². The Hall–Kier alpha value is -1.40. The molecule has 13 heteroatoms. The van der Waals surface area contributed by atoms with Crippen molar-refractivity contribution in [1.82, 2.24) is 14.9 Å². The largest absolute Gasteiger partial charge is 0.296 e. The van der Waals surface area contributed by atoms with Crippen molar-refractivity contribution in [3.8, 4) is 0 Å². The van der Waals surface area contributed by atoms with Crippen molar-refractivity contribution in [2.75, 3.05) is 17.6 Å². The highest BCUT2D eigenvalue weighted by Crippen LogP contribution is 2.25. The minimum atomic E-state index is -3.83. The summed E-state index contributed by atoms with van der Waals surface area (Å²) in [6.45, 7) is 0.209. The molecule has 31 heavy (non-hydrogen) atoms. The molecular formula is C18H15Cl3N4O3S3. The quantitative estimate of drug-likeness (QED) is 0.295. The van der Waals surface area contributed by atoms with Crippen LogP contribution in [0.15, 0.2) is 46.8 Å². The molecule has 164 valence electrons. The topological polar surface area (TPSA) is 101 Å². The lowest BCUT2D eigenvalue weighted by molar-refractivity contribution is 0.102. The van der Waals surface area contributed by atoms with Crippen LogP contribution in [0.3, 0.4) is 0 Å². The van der Waals surface area contributed by atoms with Crippen molar-refractivity contribution in [2.24, 2.45) is 0 Å². The van der Waals surface area contributed by atoms with Gasteiger partial charge in [0.25, 0.3) is 15.9 Å². The fourth-order valence-electron chi connectivity index (χ4n) is 2.27. The molecule has 3 rings (SSSR count). The number of halogens is 3. The number of carbonyl (C=O) groups excluding carboxylic acids is 1. The van der Waals surface area contributed by atoms with Gasteiger partial charge in [0.15, 0.2) is 0 Å². The number of rotatable bonds is 9. The Balaban J connectivity index is 1.48. The van der Waals surface area contributed by atoms with Crippen molar-refractivity contribution in [3.05, 3.63) is 68.7 Å². The molecule has 1 amide bonds. The van der Waals surface area contributed by atoms with Gasteiger partial charge in [-0.15, -0.1) is 10.2 Å². The van der Waals surface area contributed by atoms with Crippen LogP contribution in [0.2, 0.25) is 15.1 Å². The number of amides is 1. The molecule has 1 heterocycles. The second-order valence-electron chi connectivity index (χ2n) is 6.03. The number of hydrogen-bond acceptors (Lipinski definition) is 7. The zero-order chi connectivity index (χ0) is 22.4. The highest BCUT2D eigenvalue weighted by atomic mass is 35.5. The Labute approximate surface area is 202 Å². The van der Waals surface area contributed by atoms with Gasteiger partial charge in [-0.25, -0.2) is 13.1 Å². The van der Waals surface area contributed by atoms with Crippen molar-refractivity contribution in [3.63, 3.8) is 0 Å². The van der Waals surface area contributed by atoms with Gasteiger partial charge >= 0.3 is 0 Å². The van der Waals surface area contributed by atoms with Crippen LogP contribution in [0.1, 0.15) is 15.9 Å². The lowest BCUT2D eigenvalue weighted by atomic mass is 10.2. The van der Waals surface area contributed by atoms with Gasteiger partial charge < -0.3 is 0 Å². The highest BCUT2D eigenvalue weighted by molar-refractivity contribution is 7.98. The lowest BCUT2D eigenvalue weighted by Gasteiger charge is -2.05. The van der Waals surface area contributed by atoms with E-state index in [0.717, 1.165) is 16.9 Å². The van der Waals surface area contributed by atoms with Crippen molar-refractivity contribution in [1.29, 1.82) is 0 Å². The Morgan fingerprint density at radius 3 is 2.48 bits per heavy atom. The smallest absolute Gasteiger partial charge is 0.269 e. The van der Waals surface area contributed by atoms with Gasteiger partial charge in [0, 0.05) is 28.6 Å². The summed E-state index contributed by atoms with van der Waals surface area (Å²) < 4.78 is 27.0. The molecule has 0 atom stereocenters. The van der Waals surface area contributed by atoms with Gasteiger partial charge in [0.1, 0.15) is 0 Å². The molecule has 0 radical (unpaired) electrons. The summed E-state index contributed by atoms with van der Waals surface area (Å²) in [6, 6.07) is 11.6. The standard InChI is InChI=1S/C18H15Cl3N4O3S3/c19-13-4-2-12(3-5-13)16(26)23-17-24-25-18(30-17)31(27,28)22-7-8-29-10-11-1-6-14(20)15(21)9-11/h1-6,9,22H,7-8,10H2,(H,23,24,26). The molecule has 0 saturated heterocycles. The van der Waals surface area contributed by atoms with Crippen LogP contribution < -0.4 is 10.0 Å². The minimum Gasteiger partial charge on any atom is -0.296 e. The Kier molecular flexibility index (Phi) is 8.57. The molecule has 0 spiro atoms. The average Bonchev–Trinajstić information content (AvgIpc) is 3.20. The summed E-state index contributed by atoms with van der Waals surface area (Å²) in [4.78, 5) is 12.2. The van der Waals surface area contributed by atoms with Gasteiger partial charge in [0.2, 0.25) is 9.47 Å². The molecule has 0 fully saturated rings. The number of benzene rings is 2. The first-order valence-corrected chi connectivity index (χ1v) is 13.3. The normalized spacial score (nSPS) is 11.5. The van der Waals surface area contributed by atoms with E-state index in [1.54, 1.807) is 48.2 Å². The molecule has 0 saturated carbocycles. The third-order valence-electron chi connectivity index (χ3n) is 3.75. The predicted molar refractivity (Wildman–Crippen MR) is 127 cm³/mol. The SMILES string of the molecule is O=C(Nc1nnc(S(=O)(=O)NCCSCc2ccc(Cl)c(Cl)c2)s1)c1ccc(Cl)cc1. The van der Waals surface area contributed by atoms with Gasteiger partial charge in [-0.1, -0.05) is 52.2 Å². The zero-order valence-corrected chi connectivity index (χ0v) is 20.4. The van der Waals surface area contributed by atoms with Crippen LogP contribution in [0, 0.1) is 0 Å². The summed E-state index contributed by atoms with van der Waals surface area (Å²) in [7, 11) is -3.83. The molecule has 1 aromatic heterocycles. The summed E-state index contributed by atoms with van der Waals surface area (Å²) in [6.07, 6.45) is 0. The average molecular weight is 538 g/mol. The molecule has 0 bridgehead atoms. The number of aromatic nitrogens is 2. The van der Waals surface area contributed by atoms with Gasteiger partial charge in [-0.05, 0) is 42.0 Å². The number of nitrogens with one attached hydrogen (secondary N) is 2. The van der Waals surface area contributed by atoms with Crippen LogP contribution in [-0.2, 0) is 15.8 Å². The molecule has 0 aliphatic heterocycles. The van der Waals surface area contributed by atoms with E-state index >= 15 is 0 Å². The summed E-state index contributed by atoms with van der Waals surface area (Å²) in [5.41, 5.74) is 1.36. The minimum absolute atomic E-state index is 0.0781. The number of anilines is 1. The van der Waals surface area contributed by atoms with E-state index in [9.17, 15) is 13.2 Å². The molecule has 2 N–H and O–H groups in total. The van der Waals surface area contributed by atoms with Crippen molar-refractivity contribution < 1.29 is 13.2 Å².